The third-order valence-electron chi connectivity index (χ3n) is 3.43. The molecule has 2 aromatic carbocycles. The van der Waals surface area contributed by atoms with Gasteiger partial charge in [-0.3, -0.25) is 14.9 Å². The molecule has 1 amide bonds. The molecule has 0 fully saturated rings. The Hall–Kier alpha value is -2.05. The number of nitrogens with zero attached hydrogens (tertiary/aromatic N) is 1. The van der Waals surface area contributed by atoms with Crippen molar-refractivity contribution in [2.24, 2.45) is 0 Å². The zero-order valence-corrected chi connectivity index (χ0v) is 14.6. The first-order valence-corrected chi connectivity index (χ1v) is 8.78. The number of carbonyl (C=O) groups is 1. The minimum absolute atomic E-state index is 0.0394. The smallest absolute Gasteiger partial charge is 0.269 e. The molecule has 0 aliphatic carbocycles. The molecule has 0 aliphatic heterocycles. The van der Waals surface area contributed by atoms with Crippen molar-refractivity contribution in [3.05, 3.63) is 69.2 Å². The molecule has 0 aliphatic rings. The molecular weight excluding hydrogens is 348 g/mol. The molecule has 0 saturated carbocycles. The lowest BCUT2D eigenvalue weighted by atomic mass is 10.0. The summed E-state index contributed by atoms with van der Waals surface area (Å²) in [5.74, 6) is 0.169. The maximum atomic E-state index is 12.1. The van der Waals surface area contributed by atoms with Gasteiger partial charge in [0.05, 0.1) is 16.7 Å². The van der Waals surface area contributed by atoms with Crippen molar-refractivity contribution in [3.8, 4) is 0 Å². The van der Waals surface area contributed by atoms with Gasteiger partial charge >= 0.3 is 0 Å². The van der Waals surface area contributed by atoms with Crippen LogP contribution in [0.25, 0.3) is 0 Å². The van der Waals surface area contributed by atoms with E-state index in [1.807, 2.05) is 19.1 Å². The molecular formula is C17H17ClN2O3S. The number of nitrogens with one attached hydrogen (secondary N) is 1. The number of non-ortho nitro benzene ring substituents is 1. The van der Waals surface area contributed by atoms with Gasteiger partial charge in [-0.1, -0.05) is 30.7 Å². The van der Waals surface area contributed by atoms with E-state index in [9.17, 15) is 14.9 Å². The van der Waals surface area contributed by atoms with Crippen LogP contribution in [0.15, 0.2) is 53.4 Å². The lowest BCUT2D eigenvalue weighted by Gasteiger charge is -2.17. The fourth-order valence-electron chi connectivity index (χ4n) is 2.17. The van der Waals surface area contributed by atoms with Crippen LogP contribution >= 0.6 is 23.4 Å². The molecule has 126 valence electrons. The molecule has 0 spiro atoms. The molecule has 0 heterocycles. The zero-order valence-electron chi connectivity index (χ0n) is 13.1. The molecule has 2 aromatic rings. The Morgan fingerprint density at radius 3 is 2.38 bits per heavy atom. The van der Waals surface area contributed by atoms with E-state index in [0.29, 0.717) is 5.02 Å². The Morgan fingerprint density at radius 2 is 1.83 bits per heavy atom. The van der Waals surface area contributed by atoms with E-state index >= 15 is 0 Å². The van der Waals surface area contributed by atoms with Crippen LogP contribution in [-0.4, -0.2) is 16.6 Å². The van der Waals surface area contributed by atoms with Crippen LogP contribution in [0.2, 0.25) is 5.02 Å². The molecule has 7 heteroatoms. The topological polar surface area (TPSA) is 72.2 Å². The monoisotopic (exact) mass is 364 g/mol. The first-order valence-electron chi connectivity index (χ1n) is 7.41. The van der Waals surface area contributed by atoms with Gasteiger partial charge in [0.25, 0.3) is 5.69 Å². The lowest BCUT2D eigenvalue weighted by Crippen LogP contribution is -2.29. The van der Waals surface area contributed by atoms with E-state index in [-0.39, 0.29) is 23.4 Å². The highest BCUT2D eigenvalue weighted by atomic mass is 35.5. The highest BCUT2D eigenvalue weighted by Gasteiger charge is 2.13. The van der Waals surface area contributed by atoms with Crippen molar-refractivity contribution in [2.75, 3.05) is 5.75 Å². The van der Waals surface area contributed by atoms with E-state index < -0.39 is 4.92 Å². The van der Waals surface area contributed by atoms with Gasteiger partial charge in [-0.05, 0) is 36.2 Å². The fraction of sp³-hybridized carbons (Fsp3) is 0.235. The van der Waals surface area contributed by atoms with Crippen molar-refractivity contribution in [2.45, 2.75) is 24.3 Å². The van der Waals surface area contributed by atoms with E-state index in [0.717, 1.165) is 16.9 Å². The number of nitro benzene ring substituents is 1. The summed E-state index contributed by atoms with van der Waals surface area (Å²) in [5, 5.41) is 14.3. The molecule has 1 atom stereocenters. The van der Waals surface area contributed by atoms with Gasteiger partial charge < -0.3 is 5.32 Å². The van der Waals surface area contributed by atoms with Gasteiger partial charge in [-0.15, -0.1) is 11.8 Å². The molecule has 0 saturated heterocycles. The average molecular weight is 365 g/mol. The molecule has 0 aromatic heterocycles. The zero-order chi connectivity index (χ0) is 17.5. The summed E-state index contributed by atoms with van der Waals surface area (Å²) in [7, 11) is 0. The van der Waals surface area contributed by atoms with Crippen molar-refractivity contribution in [1.82, 2.24) is 5.32 Å². The van der Waals surface area contributed by atoms with Gasteiger partial charge in [-0.2, -0.15) is 0 Å². The highest BCUT2D eigenvalue weighted by molar-refractivity contribution is 8.00. The summed E-state index contributed by atoms with van der Waals surface area (Å²) < 4.78 is 0. The van der Waals surface area contributed by atoms with Gasteiger partial charge in [0.15, 0.2) is 0 Å². The Kier molecular flexibility index (Phi) is 6.63. The molecule has 1 unspecified atom stereocenters. The van der Waals surface area contributed by atoms with Gasteiger partial charge in [0, 0.05) is 22.1 Å². The Bertz CT molecular complexity index is 705. The van der Waals surface area contributed by atoms with Gasteiger partial charge in [0.1, 0.15) is 0 Å². The highest BCUT2D eigenvalue weighted by Crippen LogP contribution is 2.22. The van der Waals surface area contributed by atoms with E-state index in [1.165, 1.54) is 23.9 Å². The number of halogens is 1. The lowest BCUT2D eigenvalue weighted by molar-refractivity contribution is -0.384. The number of hydrogen-bond donors (Lipinski definition) is 1. The summed E-state index contributed by atoms with van der Waals surface area (Å²) in [6.07, 6.45) is 0.773. The average Bonchev–Trinajstić information content (AvgIpc) is 2.59. The fourth-order valence-corrected chi connectivity index (χ4v) is 3.00. The number of benzene rings is 2. The van der Waals surface area contributed by atoms with Crippen molar-refractivity contribution in [3.63, 3.8) is 0 Å². The maximum Gasteiger partial charge on any atom is 0.269 e. The van der Waals surface area contributed by atoms with Crippen LogP contribution < -0.4 is 5.32 Å². The number of carbonyl (C=O) groups excluding carboxylic acids is 1. The van der Waals surface area contributed by atoms with Crippen LogP contribution in [0.5, 0.6) is 0 Å². The van der Waals surface area contributed by atoms with Gasteiger partial charge in [-0.25, -0.2) is 0 Å². The second-order valence-electron chi connectivity index (χ2n) is 5.12. The maximum absolute atomic E-state index is 12.1. The first-order chi connectivity index (χ1) is 11.5. The molecule has 5 nitrogen and oxygen atoms in total. The first kappa shape index (κ1) is 18.3. The van der Waals surface area contributed by atoms with Crippen molar-refractivity contribution < 1.29 is 9.72 Å². The Labute approximate surface area is 149 Å². The predicted molar refractivity (Wildman–Crippen MR) is 96.4 cm³/mol. The molecule has 2 rings (SSSR count). The van der Waals surface area contributed by atoms with Crippen molar-refractivity contribution >= 4 is 35.0 Å². The Morgan fingerprint density at radius 1 is 1.21 bits per heavy atom. The van der Waals surface area contributed by atoms with Crippen LogP contribution in [0, 0.1) is 10.1 Å². The predicted octanol–water partition coefficient (Wildman–Crippen LogP) is 4.61. The van der Waals surface area contributed by atoms with Crippen LogP contribution in [-0.2, 0) is 4.79 Å². The molecule has 1 N–H and O–H groups in total. The molecule has 24 heavy (non-hydrogen) atoms. The quantitative estimate of drug-likeness (QED) is 0.442. The number of amides is 1. The van der Waals surface area contributed by atoms with E-state index in [4.69, 9.17) is 11.6 Å². The van der Waals surface area contributed by atoms with Gasteiger partial charge in [0.2, 0.25) is 5.91 Å². The SMILES string of the molecule is CCC(NC(=O)CSc1ccc([N+](=O)[O-])cc1)c1ccc(Cl)cc1. The number of thioether (sulfide) groups is 1. The third-order valence-corrected chi connectivity index (χ3v) is 4.70. The molecule has 0 bridgehead atoms. The Balaban J connectivity index is 1.89. The summed E-state index contributed by atoms with van der Waals surface area (Å²) >= 11 is 7.22. The second kappa shape index (κ2) is 8.70. The second-order valence-corrected chi connectivity index (χ2v) is 6.60. The summed E-state index contributed by atoms with van der Waals surface area (Å²) in [6, 6.07) is 13.5. The van der Waals surface area contributed by atoms with Crippen LogP contribution in [0.1, 0.15) is 24.9 Å². The third kappa shape index (κ3) is 5.25. The summed E-state index contributed by atoms with van der Waals surface area (Å²) in [5.41, 5.74) is 1.05. The van der Waals surface area contributed by atoms with Crippen LogP contribution in [0.4, 0.5) is 5.69 Å². The minimum atomic E-state index is -0.445. The van der Waals surface area contributed by atoms with E-state index in [2.05, 4.69) is 5.32 Å². The minimum Gasteiger partial charge on any atom is -0.349 e. The number of nitro groups is 1. The van der Waals surface area contributed by atoms with Crippen molar-refractivity contribution in [1.29, 1.82) is 0 Å². The molecule has 0 radical (unpaired) electrons. The number of hydrogen-bond acceptors (Lipinski definition) is 4. The summed E-state index contributed by atoms with van der Waals surface area (Å²) in [6.45, 7) is 2.00. The number of rotatable bonds is 7. The van der Waals surface area contributed by atoms with E-state index in [1.54, 1.807) is 24.3 Å². The normalized spacial score (nSPS) is 11.8. The standard InChI is InChI=1S/C17H17ClN2O3S/c1-2-16(12-3-5-13(18)6-4-12)19-17(21)11-24-15-9-7-14(8-10-15)20(22)23/h3-10,16H,2,11H2,1H3,(H,19,21). The summed E-state index contributed by atoms with van der Waals surface area (Å²) in [4.78, 5) is 23.1. The van der Waals surface area contributed by atoms with Crippen LogP contribution in [0.3, 0.4) is 0 Å². The largest absolute Gasteiger partial charge is 0.349 e.